The Kier molecular flexibility index (Phi) is 1.96. The lowest BCUT2D eigenvalue weighted by Gasteiger charge is -2.06. The molecule has 0 saturated heterocycles. The Hall–Kier alpha value is -0.340. The first-order valence-electron chi connectivity index (χ1n) is 4.17. The largest absolute Gasteiger partial charge is 0.330 e. The molecule has 1 unspecified atom stereocenters. The highest BCUT2D eigenvalue weighted by Gasteiger charge is 2.21. The molecule has 0 spiro atoms. The summed E-state index contributed by atoms with van der Waals surface area (Å²) in [6, 6.07) is 0. The summed E-state index contributed by atoms with van der Waals surface area (Å²) in [5.74, 6) is 0.779. The van der Waals surface area contributed by atoms with Crippen LogP contribution >= 0.6 is 11.3 Å². The molecule has 1 atom stereocenters. The number of fused-ring (bicyclic) bond motifs is 1. The SMILES string of the molecule is NCCC1CCc2cscc21. The zero-order valence-corrected chi connectivity index (χ0v) is 7.36. The molecule has 2 heteroatoms. The van der Waals surface area contributed by atoms with Crippen LogP contribution in [0.5, 0.6) is 0 Å². The van der Waals surface area contributed by atoms with Gasteiger partial charge in [-0.05, 0) is 53.6 Å². The molecule has 2 rings (SSSR count). The smallest absolute Gasteiger partial charge is 0.00556 e. The van der Waals surface area contributed by atoms with Crippen LogP contribution in [-0.4, -0.2) is 6.54 Å². The van der Waals surface area contributed by atoms with Gasteiger partial charge in [0.2, 0.25) is 0 Å². The maximum Gasteiger partial charge on any atom is -0.00556 e. The van der Waals surface area contributed by atoms with Gasteiger partial charge in [0.25, 0.3) is 0 Å². The van der Waals surface area contributed by atoms with Gasteiger partial charge in [0.05, 0.1) is 0 Å². The van der Waals surface area contributed by atoms with E-state index < -0.39 is 0 Å². The van der Waals surface area contributed by atoms with E-state index in [0.29, 0.717) is 0 Å². The second-order valence-electron chi connectivity index (χ2n) is 3.17. The van der Waals surface area contributed by atoms with E-state index in [1.807, 2.05) is 11.3 Å². The van der Waals surface area contributed by atoms with Crippen molar-refractivity contribution in [2.24, 2.45) is 5.73 Å². The average molecular weight is 167 g/mol. The van der Waals surface area contributed by atoms with Crippen molar-refractivity contribution in [2.75, 3.05) is 6.54 Å². The first-order chi connectivity index (χ1) is 5.42. The summed E-state index contributed by atoms with van der Waals surface area (Å²) >= 11 is 1.83. The Labute approximate surface area is 71.2 Å². The highest BCUT2D eigenvalue weighted by molar-refractivity contribution is 7.08. The molecule has 0 amide bonds. The van der Waals surface area contributed by atoms with Crippen LogP contribution in [0.1, 0.15) is 29.9 Å². The third-order valence-corrected chi connectivity index (χ3v) is 3.30. The van der Waals surface area contributed by atoms with Gasteiger partial charge >= 0.3 is 0 Å². The second-order valence-corrected chi connectivity index (χ2v) is 3.91. The third-order valence-electron chi connectivity index (χ3n) is 2.49. The minimum Gasteiger partial charge on any atom is -0.330 e. The Balaban J connectivity index is 2.18. The van der Waals surface area contributed by atoms with Gasteiger partial charge in [0.1, 0.15) is 0 Å². The maximum absolute atomic E-state index is 5.54. The predicted molar refractivity (Wildman–Crippen MR) is 49.1 cm³/mol. The summed E-state index contributed by atoms with van der Waals surface area (Å²) in [5.41, 5.74) is 8.70. The number of nitrogens with two attached hydrogens (primary N) is 1. The summed E-state index contributed by atoms with van der Waals surface area (Å²) in [4.78, 5) is 0. The zero-order valence-electron chi connectivity index (χ0n) is 6.55. The van der Waals surface area contributed by atoms with E-state index in [1.165, 1.54) is 19.3 Å². The summed E-state index contributed by atoms with van der Waals surface area (Å²) in [6.45, 7) is 0.833. The molecule has 1 aliphatic carbocycles. The number of hydrogen-bond acceptors (Lipinski definition) is 2. The topological polar surface area (TPSA) is 26.0 Å². The van der Waals surface area contributed by atoms with Crippen LogP contribution in [0, 0.1) is 0 Å². The number of aryl methyl sites for hydroxylation is 1. The quantitative estimate of drug-likeness (QED) is 0.717. The van der Waals surface area contributed by atoms with Crippen LogP contribution in [0.2, 0.25) is 0 Å². The van der Waals surface area contributed by atoms with Gasteiger partial charge in [-0.25, -0.2) is 0 Å². The fourth-order valence-corrected chi connectivity index (χ4v) is 2.86. The molecule has 1 aliphatic rings. The predicted octanol–water partition coefficient (Wildman–Crippen LogP) is 2.13. The van der Waals surface area contributed by atoms with Gasteiger partial charge < -0.3 is 5.73 Å². The molecule has 0 radical (unpaired) electrons. The minimum absolute atomic E-state index is 0.779. The van der Waals surface area contributed by atoms with Gasteiger partial charge in [0.15, 0.2) is 0 Å². The van der Waals surface area contributed by atoms with E-state index in [4.69, 9.17) is 5.73 Å². The summed E-state index contributed by atoms with van der Waals surface area (Å²) in [6.07, 6.45) is 3.78. The second kappa shape index (κ2) is 2.95. The standard InChI is InChI=1S/C9H13NS/c10-4-3-7-1-2-8-5-11-6-9(7)8/h5-7H,1-4,10H2. The molecule has 1 aromatic rings. The lowest BCUT2D eigenvalue weighted by molar-refractivity contribution is 0.628. The van der Waals surface area contributed by atoms with E-state index in [1.54, 1.807) is 11.1 Å². The van der Waals surface area contributed by atoms with Gasteiger partial charge in [-0.2, -0.15) is 11.3 Å². The molecule has 1 nitrogen and oxygen atoms in total. The van der Waals surface area contributed by atoms with E-state index in [-0.39, 0.29) is 0 Å². The van der Waals surface area contributed by atoms with Crippen LogP contribution < -0.4 is 5.73 Å². The monoisotopic (exact) mass is 167 g/mol. The average Bonchev–Trinajstić information content (AvgIpc) is 2.53. The van der Waals surface area contributed by atoms with Crippen LogP contribution in [0.4, 0.5) is 0 Å². The van der Waals surface area contributed by atoms with Gasteiger partial charge in [0, 0.05) is 0 Å². The molecule has 0 fully saturated rings. The summed E-state index contributed by atoms with van der Waals surface area (Å²) in [7, 11) is 0. The van der Waals surface area contributed by atoms with Crippen molar-refractivity contribution in [3.8, 4) is 0 Å². The van der Waals surface area contributed by atoms with Crippen LogP contribution in [0.25, 0.3) is 0 Å². The van der Waals surface area contributed by atoms with Gasteiger partial charge in [-0.3, -0.25) is 0 Å². The molecule has 2 N–H and O–H groups in total. The molecular weight excluding hydrogens is 154 g/mol. The van der Waals surface area contributed by atoms with Crippen molar-refractivity contribution >= 4 is 11.3 Å². The van der Waals surface area contributed by atoms with Crippen molar-refractivity contribution in [3.05, 3.63) is 21.9 Å². The molecule has 1 aromatic heterocycles. The number of thiophene rings is 1. The first kappa shape index (κ1) is 7.32. The Morgan fingerprint density at radius 3 is 3.27 bits per heavy atom. The highest BCUT2D eigenvalue weighted by atomic mass is 32.1. The molecule has 60 valence electrons. The van der Waals surface area contributed by atoms with E-state index in [0.717, 1.165) is 12.5 Å². The Morgan fingerprint density at radius 2 is 2.45 bits per heavy atom. The van der Waals surface area contributed by atoms with Crippen LogP contribution in [0.15, 0.2) is 10.8 Å². The zero-order chi connectivity index (χ0) is 7.68. The van der Waals surface area contributed by atoms with Crippen molar-refractivity contribution < 1.29 is 0 Å². The van der Waals surface area contributed by atoms with E-state index >= 15 is 0 Å². The third kappa shape index (κ3) is 1.21. The minimum atomic E-state index is 0.779. The number of hydrogen-bond donors (Lipinski definition) is 1. The lowest BCUT2D eigenvalue weighted by Crippen LogP contribution is -2.04. The van der Waals surface area contributed by atoms with Crippen LogP contribution in [-0.2, 0) is 6.42 Å². The lowest BCUT2D eigenvalue weighted by atomic mass is 10.0. The molecule has 0 bridgehead atoms. The Morgan fingerprint density at radius 1 is 1.55 bits per heavy atom. The maximum atomic E-state index is 5.54. The van der Waals surface area contributed by atoms with Gasteiger partial charge in [-0.15, -0.1) is 0 Å². The summed E-state index contributed by atoms with van der Waals surface area (Å²) in [5, 5.41) is 4.58. The molecule has 1 heterocycles. The Bertz CT molecular complexity index is 241. The summed E-state index contributed by atoms with van der Waals surface area (Å²) < 4.78 is 0. The normalized spacial score (nSPS) is 22.1. The fourth-order valence-electron chi connectivity index (χ4n) is 1.88. The first-order valence-corrected chi connectivity index (χ1v) is 5.11. The van der Waals surface area contributed by atoms with Gasteiger partial charge in [-0.1, -0.05) is 0 Å². The van der Waals surface area contributed by atoms with Crippen molar-refractivity contribution in [1.29, 1.82) is 0 Å². The van der Waals surface area contributed by atoms with Crippen molar-refractivity contribution in [1.82, 2.24) is 0 Å². The fraction of sp³-hybridized carbons (Fsp3) is 0.556. The molecule has 0 aliphatic heterocycles. The molecule has 0 aromatic carbocycles. The van der Waals surface area contributed by atoms with E-state index in [9.17, 15) is 0 Å². The van der Waals surface area contributed by atoms with E-state index in [2.05, 4.69) is 10.8 Å². The molecular formula is C9H13NS. The van der Waals surface area contributed by atoms with Crippen molar-refractivity contribution in [2.45, 2.75) is 25.2 Å². The van der Waals surface area contributed by atoms with Crippen LogP contribution in [0.3, 0.4) is 0 Å². The highest BCUT2D eigenvalue weighted by Crippen LogP contribution is 2.37. The molecule has 0 saturated carbocycles. The van der Waals surface area contributed by atoms with Crippen molar-refractivity contribution in [3.63, 3.8) is 0 Å². The molecule has 11 heavy (non-hydrogen) atoms. The number of rotatable bonds is 2.